The van der Waals surface area contributed by atoms with Gasteiger partial charge in [0.25, 0.3) is 0 Å². The van der Waals surface area contributed by atoms with Gasteiger partial charge in [-0.1, -0.05) is 25.3 Å². The van der Waals surface area contributed by atoms with Gasteiger partial charge in [-0.2, -0.15) is 0 Å². The molecule has 0 spiro atoms. The predicted octanol–water partition coefficient (Wildman–Crippen LogP) is 4.40. The lowest BCUT2D eigenvalue weighted by molar-refractivity contribution is 0.112. The van der Waals surface area contributed by atoms with E-state index in [1.165, 1.54) is 76.0 Å². The smallest absolute Gasteiger partial charge is 0.128 e. The molecule has 2 fully saturated rings. The molecule has 0 bridgehead atoms. The Morgan fingerprint density at radius 1 is 0.955 bits per heavy atom. The minimum absolute atomic E-state index is 0.569. The van der Waals surface area contributed by atoms with Gasteiger partial charge in [0.15, 0.2) is 0 Å². The van der Waals surface area contributed by atoms with E-state index in [-0.39, 0.29) is 0 Å². The molecule has 3 heterocycles. The molecule has 0 amide bonds. The third kappa shape index (κ3) is 3.62. The van der Waals surface area contributed by atoms with E-state index >= 15 is 0 Å². The van der Waals surface area contributed by atoms with Gasteiger partial charge in [0.2, 0.25) is 0 Å². The predicted molar refractivity (Wildman–Crippen MR) is 93.4 cm³/mol. The van der Waals surface area contributed by atoms with E-state index in [0.29, 0.717) is 12.1 Å². The van der Waals surface area contributed by atoms with Crippen molar-refractivity contribution in [2.75, 3.05) is 24.5 Å². The minimum Gasteiger partial charge on any atom is -0.357 e. The molecular formula is C19H31N3. The van der Waals surface area contributed by atoms with Crippen LogP contribution in [0.25, 0.3) is 0 Å². The maximum atomic E-state index is 4.81. The Bertz CT molecular complexity index is 446. The van der Waals surface area contributed by atoms with E-state index in [9.17, 15) is 0 Å². The fourth-order valence-corrected chi connectivity index (χ4v) is 4.01. The summed E-state index contributed by atoms with van der Waals surface area (Å²) in [4.78, 5) is 9.93. The van der Waals surface area contributed by atoms with Crippen molar-refractivity contribution in [1.29, 1.82) is 0 Å². The topological polar surface area (TPSA) is 19.4 Å². The molecule has 2 aliphatic heterocycles. The van der Waals surface area contributed by atoms with Crippen LogP contribution in [0.1, 0.15) is 70.4 Å². The highest BCUT2D eigenvalue weighted by molar-refractivity contribution is 5.40. The van der Waals surface area contributed by atoms with E-state index in [2.05, 4.69) is 42.0 Å². The number of anilines is 1. The number of aromatic nitrogens is 1. The van der Waals surface area contributed by atoms with Crippen molar-refractivity contribution >= 4 is 5.82 Å². The third-order valence-corrected chi connectivity index (χ3v) is 5.29. The molecule has 1 aromatic heterocycles. The van der Waals surface area contributed by atoms with Gasteiger partial charge in [-0.3, -0.25) is 4.90 Å². The molecule has 2 saturated heterocycles. The molecule has 0 saturated carbocycles. The van der Waals surface area contributed by atoms with Crippen LogP contribution in [-0.4, -0.2) is 35.6 Å². The monoisotopic (exact) mass is 301 g/mol. The molecule has 0 aromatic carbocycles. The number of rotatable bonds is 3. The summed E-state index contributed by atoms with van der Waals surface area (Å²) in [6, 6.07) is 5.78. The maximum Gasteiger partial charge on any atom is 0.128 e. The number of hydrogen-bond acceptors (Lipinski definition) is 3. The molecule has 1 aromatic rings. The molecular weight excluding hydrogens is 270 g/mol. The van der Waals surface area contributed by atoms with E-state index < -0.39 is 0 Å². The molecule has 1 unspecified atom stereocenters. The minimum atomic E-state index is 0.569. The van der Waals surface area contributed by atoms with Crippen LogP contribution < -0.4 is 4.90 Å². The van der Waals surface area contributed by atoms with Crippen LogP contribution in [0.3, 0.4) is 0 Å². The van der Waals surface area contributed by atoms with Gasteiger partial charge in [0, 0.05) is 31.4 Å². The zero-order valence-corrected chi connectivity index (χ0v) is 14.3. The number of hydrogen-bond donors (Lipinski definition) is 0. The molecule has 122 valence electrons. The zero-order valence-electron chi connectivity index (χ0n) is 14.3. The second-order valence-corrected chi connectivity index (χ2v) is 7.19. The SMILES string of the molecule is CC(C)N1CCCCC1c1ccc(N2CCCCCC2)nc1. The van der Waals surface area contributed by atoms with Gasteiger partial charge in [0.05, 0.1) is 0 Å². The Kier molecular flexibility index (Phi) is 5.35. The number of pyridine rings is 1. The van der Waals surface area contributed by atoms with Crippen molar-refractivity contribution in [2.24, 2.45) is 0 Å². The largest absolute Gasteiger partial charge is 0.357 e. The average Bonchev–Trinajstić information content (AvgIpc) is 2.84. The molecule has 1 atom stereocenters. The quantitative estimate of drug-likeness (QED) is 0.825. The Hall–Kier alpha value is -1.09. The first-order chi connectivity index (χ1) is 10.8. The second-order valence-electron chi connectivity index (χ2n) is 7.19. The summed E-state index contributed by atoms with van der Waals surface area (Å²) in [5.74, 6) is 1.18. The summed E-state index contributed by atoms with van der Waals surface area (Å²) in [6.07, 6.45) is 11.5. The van der Waals surface area contributed by atoms with Crippen molar-refractivity contribution in [3.05, 3.63) is 23.9 Å². The van der Waals surface area contributed by atoms with Crippen LogP contribution in [0.5, 0.6) is 0 Å². The van der Waals surface area contributed by atoms with Crippen LogP contribution in [-0.2, 0) is 0 Å². The Morgan fingerprint density at radius 2 is 1.68 bits per heavy atom. The first-order valence-electron chi connectivity index (χ1n) is 9.22. The first kappa shape index (κ1) is 15.8. The van der Waals surface area contributed by atoms with Crippen molar-refractivity contribution in [3.8, 4) is 0 Å². The highest BCUT2D eigenvalue weighted by atomic mass is 15.2. The molecule has 0 aliphatic carbocycles. The normalized spacial score (nSPS) is 24.5. The summed E-state index contributed by atoms with van der Waals surface area (Å²) in [6.45, 7) is 8.21. The van der Waals surface area contributed by atoms with Gasteiger partial charge in [-0.15, -0.1) is 0 Å². The average molecular weight is 301 g/mol. The second kappa shape index (κ2) is 7.45. The highest BCUT2D eigenvalue weighted by Crippen LogP contribution is 2.32. The van der Waals surface area contributed by atoms with Crippen molar-refractivity contribution in [2.45, 2.75) is 70.9 Å². The Labute approximate surface area is 135 Å². The van der Waals surface area contributed by atoms with Gasteiger partial charge < -0.3 is 4.90 Å². The van der Waals surface area contributed by atoms with E-state index in [1.54, 1.807) is 0 Å². The number of nitrogens with zero attached hydrogens (tertiary/aromatic N) is 3. The Balaban J connectivity index is 1.72. The standard InChI is InChI=1S/C19H31N3/c1-16(2)22-14-8-5-9-18(22)17-10-11-19(20-15-17)21-12-6-3-4-7-13-21/h10-11,15-16,18H,3-9,12-14H2,1-2H3. The lowest BCUT2D eigenvalue weighted by Crippen LogP contribution is -2.38. The van der Waals surface area contributed by atoms with Crippen LogP contribution in [0.2, 0.25) is 0 Å². The van der Waals surface area contributed by atoms with Crippen molar-refractivity contribution < 1.29 is 0 Å². The summed E-state index contributed by atoms with van der Waals surface area (Å²) in [5, 5.41) is 0. The molecule has 2 aliphatic rings. The van der Waals surface area contributed by atoms with Crippen LogP contribution in [0.4, 0.5) is 5.82 Å². The lowest BCUT2D eigenvalue weighted by atomic mass is 9.95. The van der Waals surface area contributed by atoms with Gasteiger partial charge in [0.1, 0.15) is 5.82 Å². The third-order valence-electron chi connectivity index (χ3n) is 5.29. The van der Waals surface area contributed by atoms with Gasteiger partial charge in [-0.05, 0) is 57.7 Å². The van der Waals surface area contributed by atoms with Gasteiger partial charge >= 0.3 is 0 Å². The number of piperidine rings is 1. The molecule has 3 rings (SSSR count). The first-order valence-corrected chi connectivity index (χ1v) is 9.22. The Morgan fingerprint density at radius 3 is 2.32 bits per heavy atom. The highest BCUT2D eigenvalue weighted by Gasteiger charge is 2.26. The summed E-state index contributed by atoms with van der Waals surface area (Å²) >= 11 is 0. The summed E-state index contributed by atoms with van der Waals surface area (Å²) in [7, 11) is 0. The lowest BCUT2D eigenvalue weighted by Gasteiger charge is -2.38. The number of likely N-dealkylation sites (tertiary alicyclic amines) is 1. The maximum absolute atomic E-state index is 4.81. The van der Waals surface area contributed by atoms with Crippen molar-refractivity contribution in [1.82, 2.24) is 9.88 Å². The van der Waals surface area contributed by atoms with Gasteiger partial charge in [-0.25, -0.2) is 4.98 Å². The van der Waals surface area contributed by atoms with E-state index in [1.807, 2.05) is 0 Å². The summed E-state index contributed by atoms with van der Waals surface area (Å²) in [5.41, 5.74) is 1.41. The molecule has 3 heteroatoms. The molecule has 3 nitrogen and oxygen atoms in total. The fraction of sp³-hybridized carbons (Fsp3) is 0.737. The van der Waals surface area contributed by atoms with Crippen LogP contribution >= 0.6 is 0 Å². The van der Waals surface area contributed by atoms with E-state index in [4.69, 9.17) is 4.98 Å². The molecule has 0 N–H and O–H groups in total. The van der Waals surface area contributed by atoms with Crippen molar-refractivity contribution in [3.63, 3.8) is 0 Å². The zero-order chi connectivity index (χ0) is 15.4. The molecule has 22 heavy (non-hydrogen) atoms. The summed E-state index contributed by atoms with van der Waals surface area (Å²) < 4.78 is 0. The van der Waals surface area contributed by atoms with E-state index in [0.717, 1.165) is 0 Å². The fourth-order valence-electron chi connectivity index (χ4n) is 4.01. The molecule has 0 radical (unpaired) electrons. The van der Waals surface area contributed by atoms with Crippen LogP contribution in [0.15, 0.2) is 18.3 Å². The van der Waals surface area contributed by atoms with Crippen LogP contribution in [0, 0.1) is 0 Å².